The Kier molecular flexibility index (Phi) is 6.25. The van der Waals surface area contributed by atoms with Crippen LogP contribution >= 0.6 is 0 Å². The summed E-state index contributed by atoms with van der Waals surface area (Å²) in [5.74, 6) is 0. The highest BCUT2D eigenvalue weighted by molar-refractivity contribution is 6.03. The fourth-order valence-electron chi connectivity index (χ4n) is 4.05. The van der Waals surface area contributed by atoms with Crippen LogP contribution in [0.1, 0.15) is 34.7 Å². The SMILES string of the molecule is C(=NNCc1ccccc1)c1ccc(N2N=C(c3ccccc3)CC2c2ccccc2)cc1. The van der Waals surface area contributed by atoms with Gasteiger partial charge in [-0.3, -0.25) is 5.01 Å². The summed E-state index contributed by atoms with van der Waals surface area (Å²) in [6, 6.07) is 39.9. The summed E-state index contributed by atoms with van der Waals surface area (Å²) in [7, 11) is 0. The predicted molar refractivity (Wildman–Crippen MR) is 137 cm³/mol. The summed E-state index contributed by atoms with van der Waals surface area (Å²) >= 11 is 0. The lowest BCUT2D eigenvalue weighted by Gasteiger charge is -2.24. The molecule has 33 heavy (non-hydrogen) atoms. The fraction of sp³-hybridized carbons (Fsp3) is 0.103. The second kappa shape index (κ2) is 9.96. The quantitative estimate of drug-likeness (QED) is 0.281. The maximum atomic E-state index is 5.03. The Hall–Kier alpha value is -4.18. The minimum absolute atomic E-state index is 0.175. The normalized spacial score (nSPS) is 15.6. The first-order chi connectivity index (χ1) is 16.4. The van der Waals surface area contributed by atoms with Crippen LogP contribution in [-0.2, 0) is 6.54 Å². The molecule has 0 spiro atoms. The summed E-state index contributed by atoms with van der Waals surface area (Å²) in [6.45, 7) is 0.707. The molecule has 1 N–H and O–H groups in total. The molecule has 0 fully saturated rings. The van der Waals surface area contributed by atoms with Crippen molar-refractivity contribution in [2.24, 2.45) is 10.2 Å². The van der Waals surface area contributed by atoms with E-state index in [9.17, 15) is 0 Å². The minimum Gasteiger partial charge on any atom is -0.306 e. The van der Waals surface area contributed by atoms with Gasteiger partial charge >= 0.3 is 0 Å². The Morgan fingerprint density at radius 3 is 2.12 bits per heavy atom. The Morgan fingerprint density at radius 1 is 0.788 bits per heavy atom. The van der Waals surface area contributed by atoms with Crippen LogP contribution in [0.4, 0.5) is 5.69 Å². The van der Waals surface area contributed by atoms with E-state index in [0.29, 0.717) is 6.54 Å². The van der Waals surface area contributed by atoms with Gasteiger partial charge in [0.25, 0.3) is 0 Å². The maximum Gasteiger partial charge on any atom is 0.0831 e. The first-order valence-corrected chi connectivity index (χ1v) is 11.2. The van der Waals surface area contributed by atoms with Crippen LogP contribution < -0.4 is 10.4 Å². The molecule has 0 aliphatic carbocycles. The van der Waals surface area contributed by atoms with E-state index in [1.54, 1.807) is 0 Å². The van der Waals surface area contributed by atoms with E-state index in [0.717, 1.165) is 23.4 Å². The van der Waals surface area contributed by atoms with Crippen molar-refractivity contribution in [2.45, 2.75) is 19.0 Å². The zero-order chi connectivity index (χ0) is 22.3. The fourth-order valence-corrected chi connectivity index (χ4v) is 4.05. The van der Waals surface area contributed by atoms with E-state index in [-0.39, 0.29) is 6.04 Å². The molecule has 0 saturated carbocycles. The lowest BCUT2D eigenvalue weighted by molar-refractivity contribution is 0.709. The minimum atomic E-state index is 0.175. The molecule has 1 unspecified atom stereocenters. The first kappa shape index (κ1) is 20.7. The zero-order valence-corrected chi connectivity index (χ0v) is 18.4. The van der Waals surface area contributed by atoms with E-state index in [2.05, 4.69) is 107 Å². The smallest absolute Gasteiger partial charge is 0.0831 e. The van der Waals surface area contributed by atoms with Crippen LogP contribution in [0.25, 0.3) is 0 Å². The van der Waals surface area contributed by atoms with Gasteiger partial charge in [-0.1, -0.05) is 103 Å². The van der Waals surface area contributed by atoms with E-state index < -0.39 is 0 Å². The number of benzene rings is 4. The molecule has 0 bridgehead atoms. The molecule has 0 saturated heterocycles. The molecule has 4 aromatic rings. The number of rotatable bonds is 7. The summed E-state index contributed by atoms with van der Waals surface area (Å²) < 4.78 is 0. The van der Waals surface area contributed by atoms with Gasteiger partial charge in [-0.25, -0.2) is 0 Å². The van der Waals surface area contributed by atoms with Crippen molar-refractivity contribution in [1.82, 2.24) is 5.43 Å². The van der Waals surface area contributed by atoms with E-state index >= 15 is 0 Å². The van der Waals surface area contributed by atoms with Crippen LogP contribution in [0.2, 0.25) is 0 Å². The molecule has 1 atom stereocenters. The molecule has 162 valence electrons. The summed E-state index contributed by atoms with van der Waals surface area (Å²) in [6.07, 6.45) is 2.73. The zero-order valence-electron chi connectivity index (χ0n) is 18.4. The molecule has 4 aromatic carbocycles. The molecule has 4 heteroatoms. The van der Waals surface area contributed by atoms with Crippen molar-refractivity contribution in [2.75, 3.05) is 5.01 Å². The average molecular weight is 431 g/mol. The molecule has 4 nitrogen and oxygen atoms in total. The van der Waals surface area contributed by atoms with Gasteiger partial charge < -0.3 is 5.43 Å². The molecule has 1 aliphatic rings. The predicted octanol–water partition coefficient (Wildman–Crippen LogP) is 6.17. The highest BCUT2D eigenvalue weighted by atomic mass is 15.5. The third kappa shape index (κ3) is 5.01. The Bertz CT molecular complexity index is 1220. The Morgan fingerprint density at radius 2 is 1.42 bits per heavy atom. The number of nitrogens with one attached hydrogen (secondary N) is 1. The van der Waals surface area contributed by atoms with Crippen molar-refractivity contribution < 1.29 is 0 Å². The Labute approximate surface area is 194 Å². The van der Waals surface area contributed by atoms with E-state index in [1.807, 2.05) is 30.5 Å². The van der Waals surface area contributed by atoms with Crippen LogP contribution in [0.5, 0.6) is 0 Å². The van der Waals surface area contributed by atoms with E-state index in [4.69, 9.17) is 5.10 Å². The molecular weight excluding hydrogens is 404 g/mol. The molecule has 0 radical (unpaired) electrons. The third-order valence-corrected chi connectivity index (χ3v) is 5.79. The summed E-state index contributed by atoms with van der Waals surface area (Å²) in [5, 5.41) is 11.5. The highest BCUT2D eigenvalue weighted by Crippen LogP contribution is 2.36. The number of hydrogen-bond donors (Lipinski definition) is 1. The van der Waals surface area contributed by atoms with Crippen LogP contribution in [0, 0.1) is 0 Å². The number of hydrogen-bond acceptors (Lipinski definition) is 4. The van der Waals surface area contributed by atoms with Gasteiger partial charge in [0.2, 0.25) is 0 Å². The average Bonchev–Trinajstić information content (AvgIpc) is 3.34. The van der Waals surface area contributed by atoms with Crippen molar-refractivity contribution in [3.63, 3.8) is 0 Å². The second-order valence-electron chi connectivity index (χ2n) is 8.06. The summed E-state index contributed by atoms with van der Waals surface area (Å²) in [5.41, 5.74) is 9.99. The van der Waals surface area contributed by atoms with Crippen molar-refractivity contribution in [3.05, 3.63) is 138 Å². The maximum absolute atomic E-state index is 5.03. The van der Waals surface area contributed by atoms with Crippen molar-refractivity contribution >= 4 is 17.6 Å². The molecule has 1 heterocycles. The number of hydrazone groups is 2. The lowest BCUT2D eigenvalue weighted by atomic mass is 9.98. The van der Waals surface area contributed by atoms with Crippen molar-refractivity contribution in [1.29, 1.82) is 0 Å². The summed E-state index contributed by atoms with van der Waals surface area (Å²) in [4.78, 5) is 0. The number of anilines is 1. The lowest BCUT2D eigenvalue weighted by Crippen LogP contribution is -2.18. The topological polar surface area (TPSA) is 40.0 Å². The number of nitrogens with zero attached hydrogens (tertiary/aromatic N) is 3. The third-order valence-electron chi connectivity index (χ3n) is 5.79. The molecule has 1 aliphatic heterocycles. The molecular formula is C29H26N4. The molecule has 0 amide bonds. The van der Waals surface area contributed by atoms with Gasteiger partial charge in [-0.15, -0.1) is 0 Å². The second-order valence-corrected chi connectivity index (χ2v) is 8.06. The van der Waals surface area contributed by atoms with Gasteiger partial charge in [0.05, 0.1) is 30.2 Å². The van der Waals surface area contributed by atoms with Gasteiger partial charge in [-0.2, -0.15) is 10.2 Å². The monoisotopic (exact) mass is 430 g/mol. The largest absolute Gasteiger partial charge is 0.306 e. The van der Waals surface area contributed by atoms with Gasteiger partial charge in [0, 0.05) is 6.42 Å². The van der Waals surface area contributed by atoms with Gasteiger partial charge in [-0.05, 0) is 34.4 Å². The first-order valence-electron chi connectivity index (χ1n) is 11.2. The standard InChI is InChI=1S/C29H26N4/c1-4-10-23(11-5-1)21-30-31-22-24-16-18-27(19-17-24)33-29(26-14-8-3-9-15-26)20-28(32-33)25-12-6-2-7-13-25/h1-19,22,29-30H,20-21H2. The Balaban J connectivity index is 1.33. The van der Waals surface area contributed by atoms with E-state index in [1.165, 1.54) is 16.7 Å². The molecule has 5 rings (SSSR count). The highest BCUT2D eigenvalue weighted by Gasteiger charge is 2.29. The van der Waals surface area contributed by atoms with Crippen LogP contribution in [0.3, 0.4) is 0 Å². The van der Waals surface area contributed by atoms with Crippen LogP contribution in [0.15, 0.2) is 125 Å². The van der Waals surface area contributed by atoms with Gasteiger partial charge in [0.1, 0.15) is 0 Å². The molecule has 0 aromatic heterocycles. The van der Waals surface area contributed by atoms with Crippen molar-refractivity contribution in [3.8, 4) is 0 Å². The van der Waals surface area contributed by atoms with Gasteiger partial charge in [0.15, 0.2) is 0 Å². The van der Waals surface area contributed by atoms with Crippen LogP contribution in [-0.4, -0.2) is 11.9 Å².